The number of ether oxygens (including phenoxy) is 1. The number of imide groups is 1. The van der Waals surface area contributed by atoms with Crippen molar-refractivity contribution in [2.24, 2.45) is 5.92 Å². The van der Waals surface area contributed by atoms with Gasteiger partial charge in [0.25, 0.3) is 11.8 Å². The van der Waals surface area contributed by atoms with E-state index in [0.717, 1.165) is 28.1 Å². The zero-order valence-corrected chi connectivity index (χ0v) is 24.9. The largest absolute Gasteiger partial charge is 0.493 e. The molecule has 0 saturated carbocycles. The average molecular weight is 571 g/mol. The van der Waals surface area contributed by atoms with Crippen LogP contribution in [0.5, 0.6) is 5.75 Å². The van der Waals surface area contributed by atoms with Crippen LogP contribution in [0.1, 0.15) is 37.5 Å². The maximum Gasteiger partial charge on any atom is 0.271 e. The van der Waals surface area contributed by atoms with Crippen LogP contribution in [0.25, 0.3) is 23.0 Å². The standard InChI is InChI=1S/C36H34N4O3/c1-24(2)23-43-33-16-15-28(19-25(33)3)34-29(22-40(38-34)30-13-9-6-10-14-30)20-31-26(4)32(21-37)36(42)39(35(31)41)18-17-27-11-7-5-8-12-27/h5-16,19-20,22,24H,17-18,23H2,1-4H3/b31-20+. The molecule has 216 valence electrons. The Labute approximate surface area is 252 Å². The highest BCUT2D eigenvalue weighted by molar-refractivity contribution is 6.19. The number of carbonyl (C=O) groups is 2. The molecule has 0 aliphatic carbocycles. The summed E-state index contributed by atoms with van der Waals surface area (Å²) in [5, 5.41) is 14.8. The molecule has 3 aromatic carbocycles. The summed E-state index contributed by atoms with van der Waals surface area (Å²) in [5.74, 6) is 0.225. The van der Waals surface area contributed by atoms with E-state index in [0.29, 0.717) is 41.3 Å². The molecule has 7 heteroatoms. The van der Waals surface area contributed by atoms with Crippen LogP contribution in [0.3, 0.4) is 0 Å². The fraction of sp³-hybridized carbons (Fsp3) is 0.222. The summed E-state index contributed by atoms with van der Waals surface area (Å²) in [6.07, 6.45) is 4.11. The summed E-state index contributed by atoms with van der Waals surface area (Å²) in [7, 11) is 0. The molecule has 0 N–H and O–H groups in total. The van der Waals surface area contributed by atoms with Gasteiger partial charge in [0, 0.05) is 29.4 Å². The topological polar surface area (TPSA) is 88.2 Å². The molecule has 0 atom stereocenters. The van der Waals surface area contributed by atoms with Crippen molar-refractivity contribution in [1.29, 1.82) is 5.26 Å². The van der Waals surface area contributed by atoms with E-state index in [1.807, 2.05) is 98.1 Å². The number of hydrogen-bond acceptors (Lipinski definition) is 5. The fourth-order valence-electron chi connectivity index (χ4n) is 5.02. The first-order valence-electron chi connectivity index (χ1n) is 14.4. The summed E-state index contributed by atoms with van der Waals surface area (Å²) in [5.41, 5.74) is 5.69. The lowest BCUT2D eigenvalue weighted by atomic mass is 9.93. The summed E-state index contributed by atoms with van der Waals surface area (Å²) < 4.78 is 7.76. The lowest BCUT2D eigenvalue weighted by Crippen LogP contribution is -2.43. The van der Waals surface area contributed by atoms with E-state index in [1.165, 1.54) is 4.90 Å². The zero-order valence-electron chi connectivity index (χ0n) is 24.9. The average Bonchev–Trinajstić information content (AvgIpc) is 3.43. The summed E-state index contributed by atoms with van der Waals surface area (Å²) in [6.45, 7) is 8.66. The second kappa shape index (κ2) is 12.7. The normalized spacial score (nSPS) is 14.5. The van der Waals surface area contributed by atoms with Crippen LogP contribution in [0, 0.1) is 24.2 Å². The molecule has 0 spiro atoms. The van der Waals surface area contributed by atoms with Crippen molar-refractivity contribution in [2.45, 2.75) is 34.1 Å². The molecule has 1 aliphatic heterocycles. The lowest BCUT2D eigenvalue weighted by molar-refractivity contribution is -0.140. The van der Waals surface area contributed by atoms with Gasteiger partial charge >= 0.3 is 0 Å². The van der Waals surface area contributed by atoms with Gasteiger partial charge in [0.05, 0.1) is 18.0 Å². The molecule has 2 heterocycles. The van der Waals surface area contributed by atoms with Gasteiger partial charge in [-0.05, 0) is 79.3 Å². The number of carbonyl (C=O) groups excluding carboxylic acids is 2. The number of nitriles is 1. The molecule has 7 nitrogen and oxygen atoms in total. The number of rotatable bonds is 9. The van der Waals surface area contributed by atoms with E-state index in [4.69, 9.17) is 9.84 Å². The van der Waals surface area contributed by atoms with Gasteiger partial charge in [-0.1, -0.05) is 62.4 Å². The van der Waals surface area contributed by atoms with Crippen molar-refractivity contribution in [1.82, 2.24) is 14.7 Å². The number of benzene rings is 3. The van der Waals surface area contributed by atoms with Crippen LogP contribution >= 0.6 is 0 Å². The minimum Gasteiger partial charge on any atom is -0.493 e. The molecule has 0 unspecified atom stereocenters. The smallest absolute Gasteiger partial charge is 0.271 e. The van der Waals surface area contributed by atoms with Crippen molar-refractivity contribution in [3.63, 3.8) is 0 Å². The van der Waals surface area contributed by atoms with E-state index in [1.54, 1.807) is 17.7 Å². The Kier molecular flexibility index (Phi) is 8.68. The van der Waals surface area contributed by atoms with Crippen molar-refractivity contribution in [3.8, 4) is 28.8 Å². The van der Waals surface area contributed by atoms with Gasteiger partial charge in [-0.15, -0.1) is 0 Å². The molecule has 43 heavy (non-hydrogen) atoms. The fourth-order valence-corrected chi connectivity index (χ4v) is 5.02. The molecule has 1 aromatic heterocycles. The quantitative estimate of drug-likeness (QED) is 0.165. The van der Waals surface area contributed by atoms with Gasteiger partial charge in [0.15, 0.2) is 0 Å². The lowest BCUT2D eigenvalue weighted by Gasteiger charge is -2.27. The zero-order chi connectivity index (χ0) is 30.5. The van der Waals surface area contributed by atoms with Crippen LogP contribution in [0.15, 0.2) is 102 Å². The number of nitrogens with zero attached hydrogens (tertiary/aromatic N) is 4. The number of aromatic nitrogens is 2. The maximum atomic E-state index is 13.8. The molecule has 4 aromatic rings. The van der Waals surface area contributed by atoms with Gasteiger partial charge in [-0.3, -0.25) is 14.5 Å². The number of para-hydroxylation sites is 1. The van der Waals surface area contributed by atoms with Crippen molar-refractivity contribution < 1.29 is 14.3 Å². The highest BCUT2D eigenvalue weighted by atomic mass is 16.5. The first-order chi connectivity index (χ1) is 20.8. The number of hydrogen-bond donors (Lipinski definition) is 0. The van der Waals surface area contributed by atoms with Crippen molar-refractivity contribution >= 4 is 17.9 Å². The Morgan fingerprint density at radius 1 is 0.953 bits per heavy atom. The molecule has 0 saturated heterocycles. The van der Waals surface area contributed by atoms with Crippen molar-refractivity contribution in [3.05, 3.63) is 118 Å². The monoisotopic (exact) mass is 570 g/mol. The van der Waals surface area contributed by atoms with Crippen LogP contribution < -0.4 is 4.74 Å². The minimum absolute atomic E-state index is 0.0292. The van der Waals surface area contributed by atoms with Gasteiger partial charge < -0.3 is 4.74 Å². The number of amides is 2. The Morgan fingerprint density at radius 3 is 2.30 bits per heavy atom. The van der Waals surface area contributed by atoms with Gasteiger partial charge in [0.1, 0.15) is 17.4 Å². The third-order valence-corrected chi connectivity index (χ3v) is 7.38. The van der Waals surface area contributed by atoms with Crippen LogP contribution in [0.2, 0.25) is 0 Å². The molecule has 1 aliphatic rings. The highest BCUT2D eigenvalue weighted by Crippen LogP contribution is 2.33. The Balaban J connectivity index is 1.58. The third kappa shape index (κ3) is 6.34. The van der Waals surface area contributed by atoms with E-state index in [-0.39, 0.29) is 12.1 Å². The second-order valence-electron chi connectivity index (χ2n) is 11.1. The Bertz CT molecular complexity index is 1760. The predicted molar refractivity (Wildman–Crippen MR) is 167 cm³/mol. The van der Waals surface area contributed by atoms with E-state index < -0.39 is 11.8 Å². The van der Waals surface area contributed by atoms with Gasteiger partial charge in [-0.25, -0.2) is 4.68 Å². The first-order valence-corrected chi connectivity index (χ1v) is 14.4. The van der Waals surface area contributed by atoms with Crippen LogP contribution in [-0.2, 0) is 16.0 Å². The molecule has 0 fully saturated rings. The Hall–Kier alpha value is -5.22. The van der Waals surface area contributed by atoms with E-state index in [2.05, 4.69) is 13.8 Å². The second-order valence-corrected chi connectivity index (χ2v) is 11.1. The summed E-state index contributed by atoms with van der Waals surface area (Å²) >= 11 is 0. The van der Waals surface area contributed by atoms with Gasteiger partial charge in [-0.2, -0.15) is 10.4 Å². The molecule has 2 amide bonds. The first kappa shape index (κ1) is 29.3. The third-order valence-electron chi connectivity index (χ3n) is 7.38. The van der Waals surface area contributed by atoms with Crippen LogP contribution in [-0.4, -0.2) is 39.6 Å². The Morgan fingerprint density at radius 2 is 1.65 bits per heavy atom. The molecular formula is C36H34N4O3. The minimum atomic E-state index is -0.564. The maximum absolute atomic E-state index is 13.8. The van der Waals surface area contributed by atoms with E-state index in [9.17, 15) is 14.9 Å². The highest BCUT2D eigenvalue weighted by Gasteiger charge is 2.35. The summed E-state index contributed by atoms with van der Waals surface area (Å²) in [4.78, 5) is 28.2. The summed E-state index contributed by atoms with van der Waals surface area (Å²) in [6, 6.07) is 27.4. The SMILES string of the molecule is CC1=C(C#N)C(=O)N(CCc2ccccc2)C(=O)/C1=C/c1cn(-c2ccccc2)nc1-c1ccc(OCC(C)C)c(C)c1. The predicted octanol–water partition coefficient (Wildman–Crippen LogP) is 6.72. The van der Waals surface area contributed by atoms with Crippen molar-refractivity contribution in [2.75, 3.05) is 13.2 Å². The molecule has 0 radical (unpaired) electrons. The molecule has 5 rings (SSSR count). The van der Waals surface area contributed by atoms with Gasteiger partial charge in [0.2, 0.25) is 0 Å². The number of aryl methyl sites for hydroxylation is 1. The van der Waals surface area contributed by atoms with E-state index >= 15 is 0 Å². The van der Waals surface area contributed by atoms with Crippen LogP contribution in [0.4, 0.5) is 0 Å². The molecule has 0 bridgehead atoms. The molecular weight excluding hydrogens is 536 g/mol.